The molecule has 0 aliphatic rings. The van der Waals surface area contributed by atoms with Crippen molar-refractivity contribution < 1.29 is 13.2 Å². The lowest BCUT2D eigenvalue weighted by molar-refractivity contribution is 0.483. The highest BCUT2D eigenvalue weighted by atomic mass is 19.1. The molecule has 0 saturated heterocycles. The highest BCUT2D eigenvalue weighted by Gasteiger charge is 2.29. The topological polar surface area (TPSA) is 23.8 Å². The van der Waals surface area contributed by atoms with Gasteiger partial charge in [0, 0.05) is 11.5 Å². The van der Waals surface area contributed by atoms with Gasteiger partial charge in [0.2, 0.25) is 0 Å². The van der Waals surface area contributed by atoms with Crippen LogP contribution in [0.1, 0.15) is 42.7 Å². The molecule has 0 bridgehead atoms. The number of hydrogen-bond donors (Lipinski definition) is 0. The van der Waals surface area contributed by atoms with Crippen molar-refractivity contribution in [2.24, 2.45) is 0 Å². The molecule has 0 fully saturated rings. The average molecular weight is 303 g/mol. The van der Waals surface area contributed by atoms with Gasteiger partial charge in [-0.3, -0.25) is 0 Å². The maximum atomic E-state index is 14.1. The second kappa shape index (κ2) is 7.13. The van der Waals surface area contributed by atoms with Crippen molar-refractivity contribution in [2.75, 3.05) is 0 Å². The van der Waals surface area contributed by atoms with Gasteiger partial charge in [0.15, 0.2) is 0 Å². The molecule has 22 heavy (non-hydrogen) atoms. The zero-order valence-corrected chi connectivity index (χ0v) is 12.2. The highest BCUT2D eigenvalue weighted by molar-refractivity contribution is 5.34. The van der Waals surface area contributed by atoms with Crippen LogP contribution in [-0.2, 0) is 0 Å². The third-order valence-electron chi connectivity index (χ3n) is 3.74. The van der Waals surface area contributed by atoms with Crippen LogP contribution in [0.4, 0.5) is 13.2 Å². The van der Waals surface area contributed by atoms with Gasteiger partial charge in [-0.15, -0.1) is 0 Å². The van der Waals surface area contributed by atoms with E-state index < -0.39 is 29.3 Å². The van der Waals surface area contributed by atoms with Crippen molar-refractivity contribution in [1.82, 2.24) is 0 Å². The van der Waals surface area contributed by atoms with Gasteiger partial charge in [-0.2, -0.15) is 5.26 Å². The van der Waals surface area contributed by atoms with Crippen LogP contribution in [0.5, 0.6) is 0 Å². The number of halogens is 3. The third kappa shape index (κ3) is 3.30. The normalized spacial score (nSPS) is 13.4. The number of benzene rings is 2. The molecule has 114 valence electrons. The summed E-state index contributed by atoms with van der Waals surface area (Å²) in [5, 5.41) is 9.50. The molecule has 2 aromatic carbocycles. The summed E-state index contributed by atoms with van der Waals surface area (Å²) in [6.07, 6.45) is 1.14. The Morgan fingerprint density at radius 3 is 2.09 bits per heavy atom. The molecule has 4 heteroatoms. The van der Waals surface area contributed by atoms with E-state index in [1.54, 1.807) is 0 Å². The quantitative estimate of drug-likeness (QED) is 0.735. The van der Waals surface area contributed by atoms with Gasteiger partial charge in [-0.05, 0) is 36.2 Å². The summed E-state index contributed by atoms with van der Waals surface area (Å²) in [5.41, 5.74) is 0.491. The summed E-state index contributed by atoms with van der Waals surface area (Å²) in [6.45, 7) is 1.89. The summed E-state index contributed by atoms with van der Waals surface area (Å²) >= 11 is 0. The fourth-order valence-electron chi connectivity index (χ4n) is 2.72. The van der Waals surface area contributed by atoms with E-state index in [0.29, 0.717) is 18.4 Å². The first-order valence-corrected chi connectivity index (χ1v) is 7.17. The lowest BCUT2D eigenvalue weighted by Crippen LogP contribution is -2.13. The van der Waals surface area contributed by atoms with Crippen LogP contribution < -0.4 is 0 Å². The second-order valence-corrected chi connectivity index (χ2v) is 5.19. The molecule has 2 rings (SSSR count). The van der Waals surface area contributed by atoms with Gasteiger partial charge >= 0.3 is 0 Å². The van der Waals surface area contributed by atoms with Gasteiger partial charge in [0.05, 0.1) is 12.0 Å². The third-order valence-corrected chi connectivity index (χ3v) is 3.74. The van der Waals surface area contributed by atoms with Crippen LogP contribution in [0.15, 0.2) is 42.5 Å². The standard InChI is InChI=1S/C18H16F3N/c1-2-4-14(18-16(20)5-3-6-17(18)21)15(11-22)12-7-9-13(19)10-8-12/h3,5-10,14-15H,2,4H2,1H3. The van der Waals surface area contributed by atoms with Gasteiger partial charge in [0.25, 0.3) is 0 Å². The highest BCUT2D eigenvalue weighted by Crippen LogP contribution is 2.38. The maximum absolute atomic E-state index is 14.1. The molecule has 0 heterocycles. The van der Waals surface area contributed by atoms with Crippen molar-refractivity contribution in [3.63, 3.8) is 0 Å². The van der Waals surface area contributed by atoms with E-state index in [1.165, 1.54) is 42.5 Å². The van der Waals surface area contributed by atoms with Crippen LogP contribution in [-0.4, -0.2) is 0 Å². The van der Waals surface area contributed by atoms with Crippen LogP contribution in [0.3, 0.4) is 0 Å². The molecule has 0 amide bonds. The van der Waals surface area contributed by atoms with Crippen molar-refractivity contribution in [1.29, 1.82) is 5.26 Å². The lowest BCUT2D eigenvalue weighted by Gasteiger charge is -2.23. The Morgan fingerprint density at radius 2 is 1.59 bits per heavy atom. The fraction of sp³-hybridized carbons (Fsp3) is 0.278. The molecule has 0 aromatic heterocycles. The van der Waals surface area contributed by atoms with Crippen molar-refractivity contribution >= 4 is 0 Å². The molecule has 0 N–H and O–H groups in total. The van der Waals surface area contributed by atoms with Gasteiger partial charge < -0.3 is 0 Å². The number of rotatable bonds is 5. The number of nitriles is 1. The molecular weight excluding hydrogens is 287 g/mol. The molecule has 0 radical (unpaired) electrons. The molecular formula is C18H16F3N. The zero-order valence-electron chi connectivity index (χ0n) is 12.2. The molecule has 2 aromatic rings. The van der Waals surface area contributed by atoms with Crippen LogP contribution in [0.25, 0.3) is 0 Å². The van der Waals surface area contributed by atoms with Crippen molar-refractivity contribution in [2.45, 2.75) is 31.6 Å². The monoisotopic (exact) mass is 303 g/mol. The van der Waals surface area contributed by atoms with Gasteiger partial charge in [-0.25, -0.2) is 13.2 Å². The predicted octanol–water partition coefficient (Wildman–Crippen LogP) is 5.29. The van der Waals surface area contributed by atoms with E-state index >= 15 is 0 Å². The Bertz CT molecular complexity index is 653. The Labute approximate surface area is 128 Å². The van der Waals surface area contributed by atoms with Crippen molar-refractivity contribution in [3.05, 3.63) is 71.0 Å². The molecule has 0 aliphatic carbocycles. The van der Waals surface area contributed by atoms with Gasteiger partial charge in [0.1, 0.15) is 17.5 Å². The summed E-state index contributed by atoms with van der Waals surface area (Å²) < 4.78 is 41.2. The van der Waals surface area contributed by atoms with E-state index in [9.17, 15) is 18.4 Å². The van der Waals surface area contributed by atoms with Crippen molar-refractivity contribution in [3.8, 4) is 6.07 Å². The summed E-state index contributed by atoms with van der Waals surface area (Å²) in [5.74, 6) is -3.06. The SMILES string of the molecule is CCCC(c1c(F)cccc1F)C(C#N)c1ccc(F)cc1. The van der Waals surface area contributed by atoms with E-state index in [4.69, 9.17) is 0 Å². The lowest BCUT2D eigenvalue weighted by atomic mass is 9.79. The first-order chi connectivity index (χ1) is 10.6. The van der Waals surface area contributed by atoms with Crippen LogP contribution >= 0.6 is 0 Å². The molecule has 2 atom stereocenters. The van der Waals surface area contributed by atoms with E-state index in [1.807, 2.05) is 6.92 Å². The molecule has 0 saturated carbocycles. The first kappa shape index (κ1) is 16.1. The van der Waals surface area contributed by atoms with Crippen LogP contribution in [0.2, 0.25) is 0 Å². The molecule has 0 spiro atoms. The minimum atomic E-state index is -0.730. The Morgan fingerprint density at radius 1 is 1.00 bits per heavy atom. The minimum Gasteiger partial charge on any atom is -0.207 e. The molecule has 0 aliphatic heterocycles. The average Bonchev–Trinajstić information content (AvgIpc) is 2.49. The number of hydrogen-bond acceptors (Lipinski definition) is 1. The minimum absolute atomic E-state index is 0.0692. The summed E-state index contributed by atoms with van der Waals surface area (Å²) in [7, 11) is 0. The number of nitrogens with zero attached hydrogens (tertiary/aromatic N) is 1. The smallest absolute Gasteiger partial charge is 0.129 e. The summed E-state index contributed by atoms with van der Waals surface area (Å²) in [4.78, 5) is 0. The molecule has 1 nitrogen and oxygen atoms in total. The molecule has 2 unspecified atom stereocenters. The zero-order chi connectivity index (χ0) is 16.1. The Balaban J connectivity index is 2.50. The maximum Gasteiger partial charge on any atom is 0.129 e. The van der Waals surface area contributed by atoms with E-state index in [0.717, 1.165) is 0 Å². The first-order valence-electron chi connectivity index (χ1n) is 7.17. The Hall–Kier alpha value is -2.28. The summed E-state index contributed by atoms with van der Waals surface area (Å²) in [6, 6.07) is 11.3. The van der Waals surface area contributed by atoms with E-state index in [2.05, 4.69) is 6.07 Å². The Kier molecular flexibility index (Phi) is 5.21. The largest absolute Gasteiger partial charge is 0.207 e. The predicted molar refractivity (Wildman–Crippen MR) is 78.8 cm³/mol. The second-order valence-electron chi connectivity index (χ2n) is 5.19. The fourth-order valence-corrected chi connectivity index (χ4v) is 2.72. The van der Waals surface area contributed by atoms with Crippen LogP contribution in [0, 0.1) is 28.8 Å². The van der Waals surface area contributed by atoms with E-state index in [-0.39, 0.29) is 5.56 Å². The van der Waals surface area contributed by atoms with Gasteiger partial charge in [-0.1, -0.05) is 31.5 Å².